The summed E-state index contributed by atoms with van der Waals surface area (Å²) in [7, 11) is 0. The van der Waals surface area contributed by atoms with Crippen LogP contribution in [0.2, 0.25) is 0 Å². The molecule has 6 nitrogen and oxygen atoms in total. The van der Waals surface area contributed by atoms with Gasteiger partial charge >= 0.3 is 0 Å². The molecule has 1 unspecified atom stereocenters. The zero-order valence-corrected chi connectivity index (χ0v) is 14.8. The van der Waals surface area contributed by atoms with E-state index in [1.807, 2.05) is 42.2 Å². The van der Waals surface area contributed by atoms with Crippen molar-refractivity contribution < 1.29 is 14.7 Å². The first-order valence-corrected chi connectivity index (χ1v) is 8.86. The molecule has 1 aromatic heterocycles. The Bertz CT molecular complexity index is 779. The summed E-state index contributed by atoms with van der Waals surface area (Å²) in [6, 6.07) is 12.8. The molecule has 0 spiro atoms. The van der Waals surface area contributed by atoms with Crippen LogP contribution in [0, 0.1) is 0 Å². The summed E-state index contributed by atoms with van der Waals surface area (Å²) in [6.45, 7) is 3.32. The molecule has 0 bridgehead atoms. The van der Waals surface area contributed by atoms with Crippen molar-refractivity contribution in [1.82, 2.24) is 14.8 Å². The van der Waals surface area contributed by atoms with Crippen LogP contribution in [0.4, 0.5) is 0 Å². The fraction of sp³-hybridized carbons (Fsp3) is 0.350. The van der Waals surface area contributed by atoms with Crippen LogP contribution in [0.5, 0.6) is 5.75 Å². The molecule has 136 valence electrons. The molecule has 1 atom stereocenters. The number of aromatic nitrogens is 1. The highest BCUT2D eigenvalue weighted by atomic mass is 16.3. The van der Waals surface area contributed by atoms with Crippen molar-refractivity contribution in [3.63, 3.8) is 0 Å². The minimum Gasteiger partial charge on any atom is -0.505 e. The fourth-order valence-corrected chi connectivity index (χ4v) is 3.26. The van der Waals surface area contributed by atoms with Crippen LogP contribution in [0.15, 0.2) is 48.7 Å². The molecule has 1 aromatic carbocycles. The number of carbonyl (C=O) groups excluding carboxylic acids is 2. The van der Waals surface area contributed by atoms with Gasteiger partial charge in [-0.2, -0.15) is 0 Å². The van der Waals surface area contributed by atoms with Gasteiger partial charge in [0.05, 0.1) is 0 Å². The number of hydrogen-bond acceptors (Lipinski definition) is 4. The largest absolute Gasteiger partial charge is 0.505 e. The van der Waals surface area contributed by atoms with Gasteiger partial charge in [0.2, 0.25) is 5.91 Å². The molecular formula is C20H23N3O3. The Balaban J connectivity index is 1.80. The third-order valence-electron chi connectivity index (χ3n) is 4.73. The average Bonchev–Trinajstić information content (AvgIpc) is 2.82. The van der Waals surface area contributed by atoms with Gasteiger partial charge in [-0.1, -0.05) is 37.3 Å². The van der Waals surface area contributed by atoms with Crippen molar-refractivity contribution in [3.8, 4) is 5.75 Å². The highest BCUT2D eigenvalue weighted by molar-refractivity contribution is 5.95. The molecule has 1 aliphatic rings. The second-order valence-corrected chi connectivity index (χ2v) is 6.44. The van der Waals surface area contributed by atoms with Gasteiger partial charge in [-0.15, -0.1) is 0 Å². The number of hydrogen-bond donors (Lipinski definition) is 1. The van der Waals surface area contributed by atoms with Gasteiger partial charge in [0.25, 0.3) is 5.91 Å². The predicted octanol–water partition coefficient (Wildman–Crippen LogP) is 2.44. The summed E-state index contributed by atoms with van der Waals surface area (Å²) in [5.74, 6) is -0.431. The van der Waals surface area contributed by atoms with E-state index in [1.165, 1.54) is 12.3 Å². The van der Waals surface area contributed by atoms with Crippen LogP contribution < -0.4 is 0 Å². The zero-order chi connectivity index (χ0) is 18.5. The van der Waals surface area contributed by atoms with Crippen LogP contribution in [0.1, 0.15) is 35.8 Å². The lowest BCUT2D eigenvalue weighted by Gasteiger charge is -2.31. The van der Waals surface area contributed by atoms with E-state index in [9.17, 15) is 14.7 Å². The Kier molecular flexibility index (Phi) is 5.51. The average molecular weight is 353 g/mol. The monoisotopic (exact) mass is 353 g/mol. The van der Waals surface area contributed by atoms with E-state index < -0.39 is 0 Å². The summed E-state index contributed by atoms with van der Waals surface area (Å²) in [5.41, 5.74) is 1.10. The van der Waals surface area contributed by atoms with Gasteiger partial charge in [-0.05, 0) is 24.1 Å². The first-order valence-electron chi connectivity index (χ1n) is 8.86. The third kappa shape index (κ3) is 3.85. The lowest BCUT2D eigenvalue weighted by molar-refractivity contribution is -0.133. The Morgan fingerprint density at radius 3 is 2.69 bits per heavy atom. The van der Waals surface area contributed by atoms with E-state index >= 15 is 0 Å². The van der Waals surface area contributed by atoms with Crippen LogP contribution in [0.25, 0.3) is 0 Å². The van der Waals surface area contributed by atoms with Crippen LogP contribution in [-0.2, 0) is 11.3 Å². The Labute approximate surface area is 153 Å². The Hall–Kier alpha value is -2.89. The highest BCUT2D eigenvalue weighted by Crippen LogP contribution is 2.21. The predicted molar refractivity (Wildman–Crippen MR) is 97.5 cm³/mol. The molecule has 2 heterocycles. The second kappa shape index (κ2) is 7.99. The van der Waals surface area contributed by atoms with Crippen LogP contribution >= 0.6 is 0 Å². The van der Waals surface area contributed by atoms with Crippen molar-refractivity contribution >= 4 is 11.8 Å². The van der Waals surface area contributed by atoms with E-state index in [0.29, 0.717) is 19.6 Å². The number of aromatic hydroxyl groups is 1. The topological polar surface area (TPSA) is 73.7 Å². The Morgan fingerprint density at radius 1 is 1.23 bits per heavy atom. The number of carbonyl (C=O) groups is 2. The normalized spacial score (nSPS) is 17.9. The van der Waals surface area contributed by atoms with Gasteiger partial charge in [0.1, 0.15) is 5.75 Å². The summed E-state index contributed by atoms with van der Waals surface area (Å²) >= 11 is 0. The van der Waals surface area contributed by atoms with E-state index in [-0.39, 0.29) is 35.7 Å². The van der Waals surface area contributed by atoms with E-state index in [2.05, 4.69) is 4.98 Å². The number of amides is 2. The van der Waals surface area contributed by atoms with Crippen molar-refractivity contribution in [2.24, 2.45) is 0 Å². The molecule has 0 aliphatic carbocycles. The minimum atomic E-state index is -0.337. The molecule has 1 fully saturated rings. The standard InChI is InChI=1S/C20H23N3O3/c1-2-16-14-22(20(26)19-17(24)9-6-11-21-19)12-10-18(25)23(16)13-15-7-4-3-5-8-15/h3-9,11,16,24H,2,10,12-14H2,1H3. The smallest absolute Gasteiger partial charge is 0.276 e. The van der Waals surface area contributed by atoms with E-state index in [4.69, 9.17) is 0 Å². The first kappa shape index (κ1) is 17.9. The molecule has 1 N–H and O–H groups in total. The first-order chi connectivity index (χ1) is 12.6. The molecule has 2 aromatic rings. The molecule has 6 heteroatoms. The number of benzene rings is 1. The van der Waals surface area contributed by atoms with Gasteiger partial charge in [-0.25, -0.2) is 4.98 Å². The molecule has 0 saturated carbocycles. The van der Waals surface area contributed by atoms with Crippen molar-refractivity contribution in [3.05, 3.63) is 59.9 Å². The van der Waals surface area contributed by atoms with E-state index in [0.717, 1.165) is 12.0 Å². The number of nitrogens with zero attached hydrogens (tertiary/aromatic N) is 3. The number of pyridine rings is 1. The van der Waals surface area contributed by atoms with Gasteiger partial charge in [0.15, 0.2) is 5.69 Å². The summed E-state index contributed by atoms with van der Waals surface area (Å²) in [6.07, 6.45) is 2.49. The zero-order valence-electron chi connectivity index (χ0n) is 14.8. The van der Waals surface area contributed by atoms with Crippen molar-refractivity contribution in [2.45, 2.75) is 32.4 Å². The third-order valence-corrected chi connectivity index (χ3v) is 4.73. The fourth-order valence-electron chi connectivity index (χ4n) is 3.26. The maximum absolute atomic E-state index is 12.8. The lowest BCUT2D eigenvalue weighted by Crippen LogP contribution is -2.43. The van der Waals surface area contributed by atoms with Gasteiger partial charge in [-0.3, -0.25) is 9.59 Å². The SMILES string of the molecule is CCC1CN(C(=O)c2ncccc2O)CCC(=O)N1Cc1ccccc1. The van der Waals surface area contributed by atoms with Gasteiger partial charge in [0, 0.05) is 38.3 Å². The maximum atomic E-state index is 12.8. The van der Waals surface area contributed by atoms with Crippen molar-refractivity contribution in [1.29, 1.82) is 0 Å². The van der Waals surface area contributed by atoms with Crippen LogP contribution in [-0.4, -0.2) is 50.8 Å². The van der Waals surface area contributed by atoms with E-state index in [1.54, 1.807) is 11.0 Å². The maximum Gasteiger partial charge on any atom is 0.276 e. The molecule has 1 saturated heterocycles. The number of rotatable bonds is 4. The summed E-state index contributed by atoms with van der Waals surface area (Å²) < 4.78 is 0. The second-order valence-electron chi connectivity index (χ2n) is 6.44. The molecule has 3 rings (SSSR count). The van der Waals surface area contributed by atoms with Gasteiger partial charge < -0.3 is 14.9 Å². The summed E-state index contributed by atoms with van der Waals surface area (Å²) in [5, 5.41) is 9.92. The van der Waals surface area contributed by atoms with Crippen LogP contribution in [0.3, 0.4) is 0 Å². The quantitative estimate of drug-likeness (QED) is 0.916. The Morgan fingerprint density at radius 2 is 2.00 bits per heavy atom. The lowest BCUT2D eigenvalue weighted by atomic mass is 10.1. The molecule has 1 aliphatic heterocycles. The summed E-state index contributed by atoms with van der Waals surface area (Å²) in [4.78, 5) is 32.9. The molecular weight excluding hydrogens is 330 g/mol. The molecule has 26 heavy (non-hydrogen) atoms. The minimum absolute atomic E-state index is 0.0336. The van der Waals surface area contributed by atoms with Crippen molar-refractivity contribution in [2.75, 3.05) is 13.1 Å². The molecule has 0 radical (unpaired) electrons. The highest BCUT2D eigenvalue weighted by Gasteiger charge is 2.32. The molecule has 2 amide bonds.